The van der Waals surface area contributed by atoms with Crippen molar-refractivity contribution in [2.45, 2.75) is 0 Å². The van der Waals surface area contributed by atoms with Gasteiger partial charge in [-0.15, -0.1) is 24.0 Å². The third-order valence-electron chi connectivity index (χ3n) is 1.62. The van der Waals surface area contributed by atoms with Crippen molar-refractivity contribution in [3.63, 3.8) is 0 Å². The minimum Gasteiger partial charge on any atom is -0.384 e. The van der Waals surface area contributed by atoms with E-state index in [4.69, 9.17) is 5.73 Å². The van der Waals surface area contributed by atoms with Crippen LogP contribution in [0.2, 0.25) is 0 Å². The van der Waals surface area contributed by atoms with Gasteiger partial charge < -0.3 is 5.73 Å². The lowest BCUT2D eigenvalue weighted by molar-refractivity contribution is 1.42. The molecule has 0 saturated heterocycles. The third-order valence-corrected chi connectivity index (χ3v) is 1.62. The van der Waals surface area contributed by atoms with E-state index in [1.54, 1.807) is 0 Å². The summed E-state index contributed by atoms with van der Waals surface area (Å²) in [6.45, 7) is 0. The van der Waals surface area contributed by atoms with E-state index in [1.165, 1.54) is 0 Å². The number of halogens is 1. The van der Waals surface area contributed by atoms with Crippen LogP contribution in [-0.2, 0) is 0 Å². The van der Waals surface area contributed by atoms with Crippen LogP contribution in [0, 0.1) is 0 Å². The van der Waals surface area contributed by atoms with Gasteiger partial charge in [0, 0.05) is 5.39 Å². The molecule has 0 aliphatic carbocycles. The molecular weight excluding hydrogens is 263 g/mol. The van der Waals surface area contributed by atoms with Gasteiger partial charge in [0.25, 0.3) is 0 Å². The average molecular weight is 272 g/mol. The molecule has 0 radical (unpaired) electrons. The van der Waals surface area contributed by atoms with Gasteiger partial charge in [-0.05, 0) is 18.2 Å². The number of nitrogen functional groups attached to an aromatic ring is 1. The van der Waals surface area contributed by atoms with Crippen molar-refractivity contribution in [1.82, 2.24) is 4.98 Å². The summed E-state index contributed by atoms with van der Waals surface area (Å²) in [4.78, 5) is 4.15. The first-order valence-corrected chi connectivity index (χ1v) is 3.47. The van der Waals surface area contributed by atoms with Gasteiger partial charge in [0.2, 0.25) is 0 Å². The molecule has 12 heavy (non-hydrogen) atoms. The molecule has 0 fully saturated rings. The van der Waals surface area contributed by atoms with Gasteiger partial charge in [-0.1, -0.05) is 18.2 Å². The first-order valence-electron chi connectivity index (χ1n) is 3.47. The van der Waals surface area contributed by atoms with Crippen LogP contribution in [0.4, 0.5) is 5.82 Å². The van der Waals surface area contributed by atoms with Crippen LogP contribution in [-0.4, -0.2) is 4.98 Å². The Balaban J connectivity index is 0.000000720. The van der Waals surface area contributed by atoms with Crippen molar-refractivity contribution >= 4 is 40.7 Å². The predicted octanol–water partition coefficient (Wildman–Crippen LogP) is 2.44. The molecule has 2 N–H and O–H groups in total. The molecule has 0 amide bonds. The fourth-order valence-corrected chi connectivity index (χ4v) is 1.08. The second-order valence-electron chi connectivity index (χ2n) is 2.43. The van der Waals surface area contributed by atoms with Gasteiger partial charge in [0.15, 0.2) is 0 Å². The van der Waals surface area contributed by atoms with E-state index in [-0.39, 0.29) is 24.0 Å². The highest BCUT2D eigenvalue weighted by atomic mass is 127. The molecule has 2 rings (SSSR count). The summed E-state index contributed by atoms with van der Waals surface area (Å²) in [6.07, 6.45) is 0. The van der Waals surface area contributed by atoms with Crippen molar-refractivity contribution in [3.05, 3.63) is 36.4 Å². The molecule has 0 spiro atoms. The molecule has 0 aliphatic heterocycles. The lowest BCUT2D eigenvalue weighted by Gasteiger charge is -1.95. The maximum absolute atomic E-state index is 5.51. The van der Waals surface area contributed by atoms with E-state index < -0.39 is 0 Å². The Morgan fingerprint density at radius 2 is 1.75 bits per heavy atom. The van der Waals surface area contributed by atoms with E-state index in [2.05, 4.69) is 4.98 Å². The number of benzene rings is 1. The van der Waals surface area contributed by atoms with Crippen molar-refractivity contribution in [2.24, 2.45) is 0 Å². The summed E-state index contributed by atoms with van der Waals surface area (Å²) < 4.78 is 0. The van der Waals surface area contributed by atoms with Crippen molar-refractivity contribution in [3.8, 4) is 0 Å². The summed E-state index contributed by atoms with van der Waals surface area (Å²) in [7, 11) is 0. The molecule has 2 aromatic rings. The summed E-state index contributed by atoms with van der Waals surface area (Å²) in [6, 6.07) is 11.7. The Morgan fingerprint density at radius 3 is 2.58 bits per heavy atom. The van der Waals surface area contributed by atoms with Crippen LogP contribution >= 0.6 is 24.0 Å². The molecule has 1 aromatic heterocycles. The Kier molecular flexibility index (Phi) is 2.86. The zero-order valence-corrected chi connectivity index (χ0v) is 8.73. The van der Waals surface area contributed by atoms with E-state index in [0.29, 0.717) is 5.82 Å². The Bertz CT molecular complexity index is 387. The van der Waals surface area contributed by atoms with Crippen LogP contribution in [0.3, 0.4) is 0 Å². The molecule has 0 bridgehead atoms. The highest BCUT2D eigenvalue weighted by Crippen LogP contribution is 2.11. The normalized spacial score (nSPS) is 9.33. The van der Waals surface area contributed by atoms with Crippen LogP contribution in [0.25, 0.3) is 10.9 Å². The quantitative estimate of drug-likeness (QED) is 0.748. The molecule has 1 heterocycles. The fourth-order valence-electron chi connectivity index (χ4n) is 1.08. The second-order valence-corrected chi connectivity index (χ2v) is 2.43. The van der Waals surface area contributed by atoms with Crippen molar-refractivity contribution < 1.29 is 0 Å². The maximum atomic E-state index is 5.51. The number of fused-ring (bicyclic) bond motifs is 1. The zero-order valence-electron chi connectivity index (χ0n) is 6.40. The second kappa shape index (κ2) is 3.71. The summed E-state index contributed by atoms with van der Waals surface area (Å²) in [5.41, 5.74) is 6.46. The first-order chi connectivity index (χ1) is 5.36. The first kappa shape index (κ1) is 9.25. The molecule has 2 nitrogen and oxygen atoms in total. The van der Waals surface area contributed by atoms with E-state index in [1.807, 2.05) is 36.4 Å². The van der Waals surface area contributed by atoms with Crippen LogP contribution in [0.1, 0.15) is 0 Å². The summed E-state index contributed by atoms with van der Waals surface area (Å²) >= 11 is 0. The predicted molar refractivity (Wildman–Crippen MR) is 61.6 cm³/mol. The van der Waals surface area contributed by atoms with Crippen LogP contribution in [0.15, 0.2) is 36.4 Å². The topological polar surface area (TPSA) is 38.9 Å². The van der Waals surface area contributed by atoms with E-state index in [9.17, 15) is 0 Å². The molecule has 62 valence electrons. The highest BCUT2D eigenvalue weighted by molar-refractivity contribution is 14.0. The molecule has 1 aromatic carbocycles. The number of pyridine rings is 1. The lowest BCUT2D eigenvalue weighted by Crippen LogP contribution is -1.88. The fraction of sp³-hybridized carbons (Fsp3) is 0. The minimum absolute atomic E-state index is 0. The molecule has 0 atom stereocenters. The van der Waals surface area contributed by atoms with E-state index in [0.717, 1.165) is 10.9 Å². The number of para-hydroxylation sites is 1. The number of hydrogen-bond donors (Lipinski definition) is 1. The minimum atomic E-state index is 0. The van der Waals surface area contributed by atoms with Crippen molar-refractivity contribution in [2.75, 3.05) is 5.73 Å². The number of nitrogens with zero attached hydrogens (tertiary/aromatic N) is 1. The summed E-state index contributed by atoms with van der Waals surface area (Å²) in [5.74, 6) is 0.573. The van der Waals surface area contributed by atoms with Crippen LogP contribution < -0.4 is 5.73 Å². The lowest BCUT2D eigenvalue weighted by atomic mass is 10.2. The standard InChI is InChI=1S/C9H8N2.HI/c10-9-6-5-7-3-1-2-4-8(7)11-9;/h1-6H,(H2,10,11);1H. The van der Waals surface area contributed by atoms with Crippen molar-refractivity contribution in [1.29, 1.82) is 0 Å². The zero-order chi connectivity index (χ0) is 7.68. The number of anilines is 1. The summed E-state index contributed by atoms with van der Waals surface area (Å²) in [5, 5.41) is 1.13. The van der Waals surface area contributed by atoms with Gasteiger partial charge in [-0.2, -0.15) is 0 Å². The number of hydrogen-bond acceptors (Lipinski definition) is 2. The van der Waals surface area contributed by atoms with E-state index >= 15 is 0 Å². The Hall–Kier alpha value is -0.840. The molecular formula is C9H9IN2. The van der Waals surface area contributed by atoms with Gasteiger partial charge >= 0.3 is 0 Å². The molecule has 0 unspecified atom stereocenters. The SMILES string of the molecule is I.Nc1ccc2ccccc2n1. The number of aromatic nitrogens is 1. The van der Waals surface area contributed by atoms with Gasteiger partial charge in [-0.25, -0.2) is 4.98 Å². The maximum Gasteiger partial charge on any atom is 0.124 e. The average Bonchev–Trinajstić information content (AvgIpc) is 2.04. The van der Waals surface area contributed by atoms with Gasteiger partial charge in [0.05, 0.1) is 5.52 Å². The number of nitrogens with two attached hydrogens (primary N) is 1. The largest absolute Gasteiger partial charge is 0.384 e. The third kappa shape index (κ3) is 1.66. The number of rotatable bonds is 0. The molecule has 0 aliphatic rings. The van der Waals surface area contributed by atoms with Gasteiger partial charge in [-0.3, -0.25) is 0 Å². The molecule has 3 heteroatoms. The molecule has 0 saturated carbocycles. The smallest absolute Gasteiger partial charge is 0.124 e. The Morgan fingerprint density at radius 1 is 1.00 bits per heavy atom. The Labute approximate surface area is 87.8 Å². The van der Waals surface area contributed by atoms with Gasteiger partial charge in [0.1, 0.15) is 5.82 Å². The highest BCUT2D eigenvalue weighted by Gasteiger charge is 1.91. The van der Waals surface area contributed by atoms with Crippen LogP contribution in [0.5, 0.6) is 0 Å². The monoisotopic (exact) mass is 272 g/mol.